The summed E-state index contributed by atoms with van der Waals surface area (Å²) in [7, 11) is 0. The van der Waals surface area contributed by atoms with Gasteiger partial charge >= 0.3 is 0 Å². The fourth-order valence-corrected chi connectivity index (χ4v) is 5.60. The summed E-state index contributed by atoms with van der Waals surface area (Å²) in [4.78, 5) is 22.9. The van der Waals surface area contributed by atoms with Crippen LogP contribution in [0.4, 0.5) is 0 Å². The molecule has 1 aliphatic rings. The monoisotopic (exact) mass is 415 g/mol. The first-order valence-corrected chi connectivity index (χ1v) is 11.4. The normalized spacial score (nSPS) is 14.6. The Morgan fingerprint density at radius 3 is 2.57 bits per heavy atom. The van der Waals surface area contributed by atoms with E-state index in [4.69, 9.17) is 4.98 Å². The first-order chi connectivity index (χ1) is 14.7. The van der Waals surface area contributed by atoms with Crippen molar-refractivity contribution in [2.45, 2.75) is 45.2 Å². The van der Waals surface area contributed by atoms with E-state index in [1.165, 1.54) is 33.6 Å². The van der Waals surface area contributed by atoms with Gasteiger partial charge in [-0.15, -0.1) is 11.3 Å². The number of aromatic nitrogens is 2. The fourth-order valence-electron chi connectivity index (χ4n) is 4.32. The lowest BCUT2D eigenvalue weighted by atomic mass is 9.97. The number of aryl methyl sites for hydroxylation is 3. The Morgan fingerprint density at radius 1 is 1.03 bits per heavy atom. The third-order valence-electron chi connectivity index (χ3n) is 5.89. The van der Waals surface area contributed by atoms with Gasteiger partial charge in [0.05, 0.1) is 18.0 Å². The summed E-state index contributed by atoms with van der Waals surface area (Å²) in [6, 6.07) is 19.0. The summed E-state index contributed by atoms with van der Waals surface area (Å²) in [5.74, 6) is 0.694. The van der Waals surface area contributed by atoms with Crippen LogP contribution in [0.3, 0.4) is 0 Å². The van der Waals surface area contributed by atoms with Crippen molar-refractivity contribution in [1.29, 1.82) is 0 Å². The van der Waals surface area contributed by atoms with Crippen molar-refractivity contribution in [2.75, 3.05) is 0 Å². The third-order valence-corrected chi connectivity index (χ3v) is 7.08. The van der Waals surface area contributed by atoms with Crippen LogP contribution in [-0.4, -0.2) is 9.97 Å². The van der Waals surface area contributed by atoms with Gasteiger partial charge < -0.3 is 4.98 Å². The minimum atomic E-state index is 0.00259. The number of nitrogens with one attached hydrogen (secondary N) is 2. The number of thiophene rings is 1. The summed E-state index contributed by atoms with van der Waals surface area (Å²) in [6.07, 6.45) is 4.45. The molecule has 152 valence electrons. The fraction of sp³-hybridized carbons (Fsp3) is 0.280. The molecule has 5 rings (SSSR count). The molecular formula is C25H25N3OS. The van der Waals surface area contributed by atoms with Gasteiger partial charge in [0.25, 0.3) is 5.56 Å². The van der Waals surface area contributed by atoms with Crippen LogP contribution in [-0.2, 0) is 19.4 Å². The molecule has 0 fully saturated rings. The van der Waals surface area contributed by atoms with Crippen LogP contribution >= 0.6 is 11.3 Å². The average Bonchev–Trinajstić information content (AvgIpc) is 3.15. The highest BCUT2D eigenvalue weighted by molar-refractivity contribution is 7.18. The van der Waals surface area contributed by atoms with E-state index in [9.17, 15) is 4.79 Å². The van der Waals surface area contributed by atoms with Gasteiger partial charge in [0.2, 0.25) is 0 Å². The average molecular weight is 416 g/mol. The molecule has 2 aromatic heterocycles. The Bertz CT molecular complexity index is 1230. The predicted molar refractivity (Wildman–Crippen MR) is 123 cm³/mol. The number of fused-ring (bicyclic) bond motifs is 3. The molecule has 0 saturated carbocycles. The number of hydrogen-bond donors (Lipinski definition) is 2. The van der Waals surface area contributed by atoms with Gasteiger partial charge in [-0.05, 0) is 49.3 Å². The maximum absolute atomic E-state index is 12.8. The quantitative estimate of drug-likeness (QED) is 0.479. The zero-order chi connectivity index (χ0) is 20.5. The molecule has 1 aliphatic carbocycles. The van der Waals surface area contributed by atoms with E-state index in [1.54, 1.807) is 11.3 Å². The standard InChI is InChI=1S/C25H25N3OS/c1-16-11-13-18(14-12-16)23(17-7-3-2-4-8-17)26-15-21-27-24(29)22-19-9-5-6-10-20(19)30-25(22)28-21/h2-4,7-8,11-14,23,26H,5-6,9-10,15H2,1H3,(H,27,28,29)/t23-/m1/s1. The summed E-state index contributed by atoms with van der Waals surface area (Å²) in [5.41, 5.74) is 4.86. The van der Waals surface area contributed by atoms with E-state index < -0.39 is 0 Å². The molecule has 5 heteroatoms. The molecule has 30 heavy (non-hydrogen) atoms. The Labute approximate surface area is 180 Å². The van der Waals surface area contributed by atoms with Crippen molar-refractivity contribution in [2.24, 2.45) is 0 Å². The first-order valence-electron chi connectivity index (χ1n) is 10.6. The van der Waals surface area contributed by atoms with Gasteiger partial charge in [-0.25, -0.2) is 4.98 Å². The Balaban J connectivity index is 1.46. The molecule has 0 saturated heterocycles. The lowest BCUT2D eigenvalue weighted by Crippen LogP contribution is -2.25. The van der Waals surface area contributed by atoms with E-state index in [-0.39, 0.29) is 11.6 Å². The molecular weight excluding hydrogens is 390 g/mol. The van der Waals surface area contributed by atoms with E-state index in [0.29, 0.717) is 12.4 Å². The number of hydrogen-bond acceptors (Lipinski definition) is 4. The Morgan fingerprint density at radius 2 is 1.77 bits per heavy atom. The largest absolute Gasteiger partial charge is 0.309 e. The van der Waals surface area contributed by atoms with Gasteiger partial charge in [-0.3, -0.25) is 10.1 Å². The number of H-pyrrole nitrogens is 1. The summed E-state index contributed by atoms with van der Waals surface area (Å²) >= 11 is 1.70. The second-order valence-corrected chi connectivity index (χ2v) is 9.12. The van der Waals surface area contributed by atoms with Gasteiger partial charge in [0.1, 0.15) is 10.7 Å². The minimum Gasteiger partial charge on any atom is -0.309 e. The van der Waals surface area contributed by atoms with Crippen LogP contribution < -0.4 is 10.9 Å². The SMILES string of the molecule is Cc1ccc([C@H](NCc2nc3sc4c(c3c(=O)[nH]2)CCCC4)c2ccccc2)cc1. The zero-order valence-corrected chi connectivity index (χ0v) is 17.9. The molecule has 0 aliphatic heterocycles. The number of benzene rings is 2. The van der Waals surface area contributed by atoms with Crippen LogP contribution in [0.2, 0.25) is 0 Å². The van der Waals surface area contributed by atoms with Crippen LogP contribution in [0.1, 0.15) is 51.8 Å². The molecule has 0 bridgehead atoms. The number of rotatable bonds is 5. The van der Waals surface area contributed by atoms with Crippen LogP contribution in [0.5, 0.6) is 0 Å². The van der Waals surface area contributed by atoms with E-state index in [0.717, 1.165) is 29.5 Å². The highest BCUT2D eigenvalue weighted by Gasteiger charge is 2.20. The molecule has 1 atom stereocenters. The maximum Gasteiger partial charge on any atom is 0.259 e. The van der Waals surface area contributed by atoms with Crippen molar-refractivity contribution in [1.82, 2.24) is 15.3 Å². The molecule has 4 nitrogen and oxygen atoms in total. The number of nitrogens with zero attached hydrogens (tertiary/aromatic N) is 1. The van der Waals surface area contributed by atoms with Crippen LogP contribution in [0, 0.1) is 6.92 Å². The molecule has 0 unspecified atom stereocenters. The zero-order valence-electron chi connectivity index (χ0n) is 17.1. The topological polar surface area (TPSA) is 57.8 Å². The van der Waals surface area contributed by atoms with Crippen LogP contribution in [0.25, 0.3) is 10.2 Å². The highest BCUT2D eigenvalue weighted by Crippen LogP contribution is 2.33. The molecule has 4 aromatic rings. The van der Waals surface area contributed by atoms with Crippen molar-refractivity contribution >= 4 is 21.6 Å². The van der Waals surface area contributed by atoms with Crippen molar-refractivity contribution in [3.05, 3.63) is 97.9 Å². The first kappa shape index (κ1) is 19.2. The Hall–Kier alpha value is -2.76. The van der Waals surface area contributed by atoms with Crippen molar-refractivity contribution in [3.63, 3.8) is 0 Å². The molecule has 2 N–H and O–H groups in total. The van der Waals surface area contributed by atoms with Gasteiger partial charge in [-0.2, -0.15) is 0 Å². The Kier molecular flexibility index (Phi) is 5.23. The van der Waals surface area contributed by atoms with Crippen molar-refractivity contribution in [3.8, 4) is 0 Å². The van der Waals surface area contributed by atoms with Gasteiger partial charge in [0.15, 0.2) is 0 Å². The van der Waals surface area contributed by atoms with Gasteiger partial charge in [0, 0.05) is 4.88 Å². The number of aromatic amines is 1. The third kappa shape index (κ3) is 3.71. The second kappa shape index (κ2) is 8.17. The maximum atomic E-state index is 12.8. The van der Waals surface area contributed by atoms with Crippen LogP contribution in [0.15, 0.2) is 59.4 Å². The van der Waals surface area contributed by atoms with E-state index in [1.807, 2.05) is 6.07 Å². The summed E-state index contributed by atoms with van der Waals surface area (Å²) in [5, 5.41) is 4.43. The molecule has 2 aromatic carbocycles. The van der Waals surface area contributed by atoms with Gasteiger partial charge in [-0.1, -0.05) is 60.2 Å². The lowest BCUT2D eigenvalue weighted by Gasteiger charge is -2.20. The summed E-state index contributed by atoms with van der Waals surface area (Å²) < 4.78 is 0. The molecule has 0 radical (unpaired) electrons. The van der Waals surface area contributed by atoms with E-state index in [2.05, 4.69) is 65.8 Å². The van der Waals surface area contributed by atoms with E-state index >= 15 is 0 Å². The predicted octanol–water partition coefficient (Wildman–Crippen LogP) is 5.05. The molecule has 2 heterocycles. The minimum absolute atomic E-state index is 0.00259. The smallest absolute Gasteiger partial charge is 0.259 e. The molecule has 0 amide bonds. The second-order valence-electron chi connectivity index (χ2n) is 8.04. The highest BCUT2D eigenvalue weighted by atomic mass is 32.1. The lowest BCUT2D eigenvalue weighted by molar-refractivity contribution is 0.587. The van der Waals surface area contributed by atoms with Crippen molar-refractivity contribution < 1.29 is 0 Å². The summed E-state index contributed by atoms with van der Waals surface area (Å²) in [6.45, 7) is 2.60. The molecule has 0 spiro atoms.